The highest BCUT2D eigenvalue weighted by Crippen LogP contribution is 2.21. The third-order valence-corrected chi connectivity index (χ3v) is 3.40. The second-order valence-electron chi connectivity index (χ2n) is 6.45. The number of aromatic amines is 1. The molecule has 1 atom stereocenters. The van der Waals surface area contributed by atoms with E-state index in [2.05, 4.69) is 4.98 Å². The van der Waals surface area contributed by atoms with Crippen molar-refractivity contribution >= 4 is 17.8 Å². The van der Waals surface area contributed by atoms with Crippen molar-refractivity contribution in [3.63, 3.8) is 0 Å². The second-order valence-corrected chi connectivity index (χ2v) is 6.45. The molecule has 1 saturated heterocycles. The van der Waals surface area contributed by atoms with Gasteiger partial charge in [0.15, 0.2) is 6.61 Å². The summed E-state index contributed by atoms with van der Waals surface area (Å²) in [7, 11) is 0. The first kappa shape index (κ1) is 17.1. The molecule has 1 fully saturated rings. The Kier molecular flexibility index (Phi) is 5.08. The van der Waals surface area contributed by atoms with E-state index in [1.165, 1.54) is 4.90 Å². The molecule has 0 spiro atoms. The molecule has 1 aliphatic rings. The number of nitrogens with zero attached hydrogens (tertiary/aromatic N) is 1. The summed E-state index contributed by atoms with van der Waals surface area (Å²) in [5.74, 6) is -0.890. The van der Waals surface area contributed by atoms with Crippen molar-refractivity contribution in [2.45, 2.75) is 45.3 Å². The number of H-pyrrole nitrogens is 1. The molecule has 23 heavy (non-hydrogen) atoms. The molecule has 2 heterocycles. The Morgan fingerprint density at radius 3 is 2.70 bits per heavy atom. The number of hydrogen-bond donors (Lipinski definition) is 1. The van der Waals surface area contributed by atoms with E-state index in [4.69, 9.17) is 9.47 Å². The highest BCUT2D eigenvalue weighted by molar-refractivity contribution is 5.96. The van der Waals surface area contributed by atoms with Crippen molar-refractivity contribution in [2.24, 2.45) is 0 Å². The Labute approximate surface area is 134 Å². The van der Waals surface area contributed by atoms with Gasteiger partial charge in [0.05, 0.1) is 5.69 Å². The van der Waals surface area contributed by atoms with Gasteiger partial charge in [0.1, 0.15) is 11.6 Å². The minimum absolute atomic E-state index is 0.315. The highest BCUT2D eigenvalue weighted by atomic mass is 16.6. The molecule has 1 amide bonds. The average molecular weight is 322 g/mol. The zero-order valence-electron chi connectivity index (χ0n) is 13.6. The van der Waals surface area contributed by atoms with Gasteiger partial charge in [-0.3, -0.25) is 9.69 Å². The molecule has 126 valence electrons. The van der Waals surface area contributed by atoms with E-state index >= 15 is 0 Å². The Morgan fingerprint density at radius 2 is 2.09 bits per heavy atom. The van der Waals surface area contributed by atoms with E-state index in [0.29, 0.717) is 25.1 Å². The highest BCUT2D eigenvalue weighted by Gasteiger charge is 2.37. The number of carbonyl (C=O) groups is 3. The number of amides is 1. The zero-order chi connectivity index (χ0) is 17.0. The van der Waals surface area contributed by atoms with Gasteiger partial charge in [0.2, 0.25) is 5.78 Å². The van der Waals surface area contributed by atoms with E-state index < -0.39 is 23.7 Å². The molecule has 1 N–H and O–H groups in total. The van der Waals surface area contributed by atoms with Gasteiger partial charge in [-0.15, -0.1) is 0 Å². The van der Waals surface area contributed by atoms with Crippen LogP contribution >= 0.6 is 0 Å². The van der Waals surface area contributed by atoms with Gasteiger partial charge in [-0.1, -0.05) is 0 Å². The fraction of sp³-hybridized carbons (Fsp3) is 0.562. The number of ether oxygens (including phenoxy) is 2. The summed E-state index contributed by atoms with van der Waals surface area (Å²) in [6.45, 7) is 5.40. The van der Waals surface area contributed by atoms with Gasteiger partial charge in [-0.25, -0.2) is 9.59 Å². The van der Waals surface area contributed by atoms with Gasteiger partial charge in [-0.2, -0.15) is 0 Å². The number of ketones is 1. The van der Waals surface area contributed by atoms with Crippen molar-refractivity contribution in [1.29, 1.82) is 0 Å². The lowest BCUT2D eigenvalue weighted by molar-refractivity contribution is -0.147. The summed E-state index contributed by atoms with van der Waals surface area (Å²) < 4.78 is 10.4. The maximum absolute atomic E-state index is 12.2. The van der Waals surface area contributed by atoms with Gasteiger partial charge in [0, 0.05) is 12.7 Å². The molecule has 0 saturated carbocycles. The van der Waals surface area contributed by atoms with Gasteiger partial charge >= 0.3 is 12.1 Å². The summed E-state index contributed by atoms with van der Waals surface area (Å²) in [4.78, 5) is 40.2. The van der Waals surface area contributed by atoms with E-state index in [0.717, 1.165) is 0 Å². The summed E-state index contributed by atoms with van der Waals surface area (Å²) in [5, 5.41) is 0. The third kappa shape index (κ3) is 4.58. The number of aromatic nitrogens is 1. The van der Waals surface area contributed by atoms with E-state index in [-0.39, 0.29) is 12.4 Å². The van der Waals surface area contributed by atoms with Gasteiger partial charge < -0.3 is 14.5 Å². The molecule has 2 rings (SSSR count). The predicted octanol–water partition coefficient (Wildman–Crippen LogP) is 2.14. The lowest BCUT2D eigenvalue weighted by atomic mass is 10.2. The first-order valence-corrected chi connectivity index (χ1v) is 7.61. The van der Waals surface area contributed by atoms with Crippen molar-refractivity contribution in [2.75, 3.05) is 13.2 Å². The van der Waals surface area contributed by atoms with E-state index in [1.54, 1.807) is 39.1 Å². The number of esters is 1. The minimum Gasteiger partial charge on any atom is -0.456 e. The molecular formula is C16H22N2O5. The molecule has 1 aromatic heterocycles. The molecule has 1 aromatic rings. The number of Topliss-reactive ketones (excluding diaryl/α,β-unsaturated/α-hetero) is 1. The first-order valence-electron chi connectivity index (χ1n) is 7.61. The number of hydrogen-bond acceptors (Lipinski definition) is 5. The summed E-state index contributed by atoms with van der Waals surface area (Å²) in [6, 6.07) is 2.61. The average Bonchev–Trinajstić information content (AvgIpc) is 3.12. The largest absolute Gasteiger partial charge is 0.456 e. The number of carbonyl (C=O) groups excluding carboxylic acids is 3. The van der Waals surface area contributed by atoms with E-state index in [9.17, 15) is 14.4 Å². The van der Waals surface area contributed by atoms with Crippen LogP contribution in [0.1, 0.15) is 44.1 Å². The quantitative estimate of drug-likeness (QED) is 0.677. The van der Waals surface area contributed by atoms with Crippen LogP contribution in [0.2, 0.25) is 0 Å². The molecule has 0 unspecified atom stereocenters. The molecule has 0 aromatic carbocycles. The maximum atomic E-state index is 12.2. The van der Waals surface area contributed by atoms with Gasteiger partial charge in [0.25, 0.3) is 0 Å². The summed E-state index contributed by atoms with van der Waals surface area (Å²) >= 11 is 0. The predicted molar refractivity (Wildman–Crippen MR) is 82.0 cm³/mol. The van der Waals surface area contributed by atoms with E-state index in [1.807, 2.05) is 0 Å². The first-order chi connectivity index (χ1) is 10.8. The van der Waals surface area contributed by atoms with Crippen LogP contribution in [0.5, 0.6) is 0 Å². The topological polar surface area (TPSA) is 88.7 Å². The summed E-state index contributed by atoms with van der Waals surface area (Å²) in [5.41, 5.74) is -0.245. The van der Waals surface area contributed by atoms with Crippen LogP contribution in [-0.4, -0.2) is 52.5 Å². The molecular weight excluding hydrogens is 300 g/mol. The molecule has 0 radical (unpaired) electrons. The Bertz CT molecular complexity index is 574. The van der Waals surface area contributed by atoms with Crippen LogP contribution in [-0.2, 0) is 14.3 Å². The number of nitrogens with one attached hydrogen (secondary N) is 1. The number of likely N-dealkylation sites (tertiary alicyclic amines) is 1. The second kappa shape index (κ2) is 6.85. The Balaban J connectivity index is 1.90. The normalized spacial score (nSPS) is 17.9. The zero-order valence-corrected chi connectivity index (χ0v) is 13.6. The van der Waals surface area contributed by atoms with Crippen LogP contribution < -0.4 is 0 Å². The van der Waals surface area contributed by atoms with Crippen molar-refractivity contribution < 1.29 is 23.9 Å². The fourth-order valence-electron chi connectivity index (χ4n) is 2.37. The van der Waals surface area contributed by atoms with Crippen LogP contribution in [0.3, 0.4) is 0 Å². The Hall–Kier alpha value is -2.31. The van der Waals surface area contributed by atoms with Crippen LogP contribution in [0.25, 0.3) is 0 Å². The molecule has 1 aliphatic heterocycles. The van der Waals surface area contributed by atoms with Crippen LogP contribution in [0, 0.1) is 0 Å². The number of rotatable bonds is 4. The smallest absolute Gasteiger partial charge is 0.411 e. The fourth-order valence-corrected chi connectivity index (χ4v) is 2.37. The lowest BCUT2D eigenvalue weighted by Crippen LogP contribution is -2.44. The Morgan fingerprint density at radius 1 is 1.35 bits per heavy atom. The third-order valence-electron chi connectivity index (χ3n) is 3.40. The SMILES string of the molecule is CC(C)(C)OC(=O)N1CCC[C@H]1C(=O)OCC(=O)c1ccc[nH]1. The monoisotopic (exact) mass is 322 g/mol. The molecule has 7 nitrogen and oxygen atoms in total. The lowest BCUT2D eigenvalue weighted by Gasteiger charge is -2.27. The standard InChI is InChI=1S/C16H22N2O5/c1-16(2,3)23-15(21)18-9-5-7-12(18)14(20)22-10-13(19)11-6-4-8-17-11/h4,6,8,12,17H,5,7,9-10H2,1-3H3/t12-/m0/s1. The van der Waals surface area contributed by atoms with Crippen molar-refractivity contribution in [3.8, 4) is 0 Å². The van der Waals surface area contributed by atoms with Crippen LogP contribution in [0.4, 0.5) is 4.79 Å². The molecule has 7 heteroatoms. The van der Waals surface area contributed by atoms with Crippen molar-refractivity contribution in [1.82, 2.24) is 9.88 Å². The summed E-state index contributed by atoms with van der Waals surface area (Å²) in [6.07, 6.45) is 2.29. The maximum Gasteiger partial charge on any atom is 0.411 e. The van der Waals surface area contributed by atoms with Crippen molar-refractivity contribution in [3.05, 3.63) is 24.0 Å². The van der Waals surface area contributed by atoms with Crippen LogP contribution in [0.15, 0.2) is 18.3 Å². The minimum atomic E-state index is -0.693. The van der Waals surface area contributed by atoms with Gasteiger partial charge in [-0.05, 0) is 45.7 Å². The molecule has 0 aliphatic carbocycles. The molecule has 0 bridgehead atoms.